The highest BCUT2D eigenvalue weighted by molar-refractivity contribution is 7.89. The zero-order valence-corrected chi connectivity index (χ0v) is 16.4. The number of pyridine rings is 1. The lowest BCUT2D eigenvalue weighted by Gasteiger charge is -2.11. The second-order valence-corrected chi connectivity index (χ2v) is 8.36. The normalized spacial score (nSPS) is 11.8. The van der Waals surface area contributed by atoms with Crippen molar-refractivity contribution in [1.29, 1.82) is 0 Å². The van der Waals surface area contributed by atoms with Gasteiger partial charge in [-0.25, -0.2) is 23.1 Å². The quantitative estimate of drug-likeness (QED) is 0.524. The second-order valence-electron chi connectivity index (χ2n) is 6.19. The number of benzene rings is 2. The Labute approximate surface area is 167 Å². The van der Waals surface area contributed by atoms with E-state index in [-0.39, 0.29) is 11.4 Å². The fourth-order valence-corrected chi connectivity index (χ4v) is 4.14. The fourth-order valence-electron chi connectivity index (χ4n) is 2.95. The minimum Gasteiger partial charge on any atom is -0.307 e. The molecular formula is C20H17ClN4O2S. The molecule has 0 amide bonds. The van der Waals surface area contributed by atoms with E-state index in [1.54, 1.807) is 42.6 Å². The zero-order chi connectivity index (χ0) is 19.6. The Bertz CT molecular complexity index is 1220. The summed E-state index contributed by atoms with van der Waals surface area (Å²) in [5.41, 5.74) is 2.28. The number of rotatable bonds is 6. The van der Waals surface area contributed by atoms with E-state index in [1.807, 2.05) is 34.9 Å². The molecule has 2 aromatic heterocycles. The topological polar surface area (TPSA) is 76.9 Å². The molecule has 0 aliphatic heterocycles. The molecule has 2 heterocycles. The lowest BCUT2D eigenvalue weighted by atomic mass is 10.2. The number of hydrogen-bond acceptors (Lipinski definition) is 4. The van der Waals surface area contributed by atoms with Crippen LogP contribution in [0, 0.1) is 0 Å². The van der Waals surface area contributed by atoms with Crippen molar-refractivity contribution in [2.75, 3.05) is 0 Å². The van der Waals surface area contributed by atoms with Crippen molar-refractivity contribution >= 4 is 32.8 Å². The van der Waals surface area contributed by atoms with Crippen molar-refractivity contribution in [1.82, 2.24) is 19.3 Å². The molecular weight excluding hydrogens is 396 g/mol. The Morgan fingerprint density at radius 1 is 0.964 bits per heavy atom. The van der Waals surface area contributed by atoms with Gasteiger partial charge in [-0.3, -0.25) is 0 Å². The van der Waals surface area contributed by atoms with Crippen molar-refractivity contribution in [2.45, 2.75) is 18.0 Å². The third-order valence-corrected chi connectivity index (χ3v) is 6.13. The van der Waals surface area contributed by atoms with Gasteiger partial charge < -0.3 is 4.57 Å². The first-order chi connectivity index (χ1) is 13.5. The van der Waals surface area contributed by atoms with Gasteiger partial charge in [0.15, 0.2) is 5.65 Å². The first-order valence-corrected chi connectivity index (χ1v) is 10.5. The first kappa shape index (κ1) is 18.6. The number of sulfonamides is 1. The van der Waals surface area contributed by atoms with E-state index in [1.165, 1.54) is 0 Å². The SMILES string of the molecule is O=S(=O)(NCc1nc2cccnc2n1Cc1ccccc1Cl)c1ccccc1. The summed E-state index contributed by atoms with van der Waals surface area (Å²) in [5, 5.41) is 0.635. The molecule has 0 saturated carbocycles. The maximum absolute atomic E-state index is 12.6. The van der Waals surface area contributed by atoms with Crippen LogP contribution in [-0.4, -0.2) is 23.0 Å². The molecule has 0 atom stereocenters. The van der Waals surface area contributed by atoms with Gasteiger partial charge in [0.2, 0.25) is 10.0 Å². The second kappa shape index (κ2) is 7.71. The van der Waals surface area contributed by atoms with Gasteiger partial charge in [-0.1, -0.05) is 48.0 Å². The predicted molar refractivity (Wildman–Crippen MR) is 109 cm³/mol. The van der Waals surface area contributed by atoms with Crippen LogP contribution >= 0.6 is 11.6 Å². The average Bonchev–Trinajstić information content (AvgIpc) is 3.06. The molecule has 0 aliphatic carbocycles. The molecule has 1 N–H and O–H groups in total. The van der Waals surface area contributed by atoms with E-state index in [0.29, 0.717) is 28.6 Å². The van der Waals surface area contributed by atoms with Crippen LogP contribution in [0.5, 0.6) is 0 Å². The summed E-state index contributed by atoms with van der Waals surface area (Å²) in [6.07, 6.45) is 1.69. The molecule has 0 fully saturated rings. The number of imidazole rings is 1. The molecule has 0 aliphatic rings. The summed E-state index contributed by atoms with van der Waals surface area (Å²) in [6.45, 7) is 0.480. The molecule has 0 saturated heterocycles. The predicted octanol–water partition coefficient (Wildman–Crippen LogP) is 3.61. The number of halogens is 1. The summed E-state index contributed by atoms with van der Waals surface area (Å²) < 4.78 is 29.6. The van der Waals surface area contributed by atoms with Gasteiger partial charge in [0.1, 0.15) is 11.3 Å². The Kier molecular flexibility index (Phi) is 5.13. The Morgan fingerprint density at radius 3 is 2.50 bits per heavy atom. The van der Waals surface area contributed by atoms with E-state index in [9.17, 15) is 8.42 Å². The van der Waals surface area contributed by atoms with Crippen molar-refractivity contribution < 1.29 is 8.42 Å². The molecule has 142 valence electrons. The van der Waals surface area contributed by atoms with Crippen LogP contribution in [0.2, 0.25) is 5.02 Å². The molecule has 2 aromatic carbocycles. The monoisotopic (exact) mass is 412 g/mol. The largest absolute Gasteiger partial charge is 0.307 e. The summed E-state index contributed by atoms with van der Waals surface area (Å²) in [5.74, 6) is 0.563. The lowest BCUT2D eigenvalue weighted by molar-refractivity contribution is 0.576. The van der Waals surface area contributed by atoms with Crippen molar-refractivity contribution in [3.05, 3.63) is 89.3 Å². The summed E-state index contributed by atoms with van der Waals surface area (Å²) in [6, 6.07) is 19.4. The highest BCUT2D eigenvalue weighted by Gasteiger charge is 2.17. The van der Waals surface area contributed by atoms with Gasteiger partial charge in [-0.05, 0) is 35.9 Å². The van der Waals surface area contributed by atoms with Crippen molar-refractivity contribution in [3.8, 4) is 0 Å². The maximum Gasteiger partial charge on any atom is 0.240 e. The van der Waals surface area contributed by atoms with Crippen LogP contribution in [-0.2, 0) is 23.1 Å². The Balaban J connectivity index is 1.68. The van der Waals surface area contributed by atoms with Crippen molar-refractivity contribution in [3.63, 3.8) is 0 Å². The molecule has 4 aromatic rings. The zero-order valence-electron chi connectivity index (χ0n) is 14.8. The smallest absolute Gasteiger partial charge is 0.240 e. The number of nitrogens with zero attached hydrogens (tertiary/aromatic N) is 3. The van der Waals surface area contributed by atoms with Gasteiger partial charge in [0.05, 0.1) is 18.0 Å². The molecule has 6 nitrogen and oxygen atoms in total. The highest BCUT2D eigenvalue weighted by Crippen LogP contribution is 2.21. The molecule has 0 spiro atoms. The Morgan fingerprint density at radius 2 is 1.71 bits per heavy atom. The minimum atomic E-state index is -3.64. The van der Waals surface area contributed by atoms with Crippen LogP contribution in [0.25, 0.3) is 11.2 Å². The van der Waals surface area contributed by atoms with Gasteiger partial charge in [-0.2, -0.15) is 0 Å². The molecule has 28 heavy (non-hydrogen) atoms. The van der Waals surface area contributed by atoms with Crippen LogP contribution in [0.1, 0.15) is 11.4 Å². The lowest BCUT2D eigenvalue weighted by Crippen LogP contribution is -2.25. The summed E-state index contributed by atoms with van der Waals surface area (Å²) in [7, 11) is -3.64. The van der Waals surface area contributed by atoms with Gasteiger partial charge in [0, 0.05) is 11.2 Å². The first-order valence-electron chi connectivity index (χ1n) is 8.63. The van der Waals surface area contributed by atoms with Crippen LogP contribution in [0.4, 0.5) is 0 Å². The number of hydrogen-bond donors (Lipinski definition) is 1. The van der Waals surface area contributed by atoms with Gasteiger partial charge in [-0.15, -0.1) is 0 Å². The van der Waals surface area contributed by atoms with E-state index in [4.69, 9.17) is 11.6 Å². The Hall–Kier alpha value is -2.74. The van der Waals surface area contributed by atoms with Crippen LogP contribution in [0.3, 0.4) is 0 Å². The van der Waals surface area contributed by atoms with E-state index < -0.39 is 10.0 Å². The van der Waals surface area contributed by atoms with Crippen LogP contribution < -0.4 is 4.72 Å². The molecule has 8 heteroatoms. The highest BCUT2D eigenvalue weighted by atomic mass is 35.5. The molecule has 0 bridgehead atoms. The van der Waals surface area contributed by atoms with Crippen LogP contribution in [0.15, 0.2) is 77.8 Å². The number of nitrogens with one attached hydrogen (secondary N) is 1. The fraction of sp³-hybridized carbons (Fsp3) is 0.100. The maximum atomic E-state index is 12.6. The summed E-state index contributed by atoms with van der Waals surface area (Å²) >= 11 is 6.31. The van der Waals surface area contributed by atoms with Crippen molar-refractivity contribution in [2.24, 2.45) is 0 Å². The standard InChI is InChI=1S/C20H17ClN4O2S/c21-17-10-5-4-7-15(17)14-25-19(24-18-11-6-12-22-20(18)25)13-23-28(26,27)16-8-2-1-3-9-16/h1-12,23H,13-14H2. The third-order valence-electron chi connectivity index (χ3n) is 4.34. The summed E-state index contributed by atoms with van der Waals surface area (Å²) in [4.78, 5) is 9.19. The molecule has 4 rings (SSSR count). The third kappa shape index (κ3) is 3.77. The number of aromatic nitrogens is 3. The van der Waals surface area contributed by atoms with Gasteiger partial charge >= 0.3 is 0 Å². The van der Waals surface area contributed by atoms with Gasteiger partial charge in [0.25, 0.3) is 0 Å². The average molecular weight is 413 g/mol. The van der Waals surface area contributed by atoms with E-state index >= 15 is 0 Å². The minimum absolute atomic E-state index is 0.0397. The molecule has 0 radical (unpaired) electrons. The number of fused-ring (bicyclic) bond motifs is 1. The molecule has 0 unspecified atom stereocenters. The van der Waals surface area contributed by atoms with E-state index in [2.05, 4.69) is 14.7 Å². The van der Waals surface area contributed by atoms with E-state index in [0.717, 1.165) is 5.56 Å².